The number of nitrogens with zero attached hydrogens (tertiary/aromatic N) is 1. The summed E-state index contributed by atoms with van der Waals surface area (Å²) in [7, 11) is 0. The molecule has 0 saturated heterocycles. The second kappa shape index (κ2) is 9.74. The second-order valence-corrected chi connectivity index (χ2v) is 8.62. The number of aliphatic carboxylic acids is 1. The predicted octanol–water partition coefficient (Wildman–Crippen LogP) is 2.79. The molecule has 1 atom stereocenters. The third kappa shape index (κ3) is 4.57. The number of fused-ring (bicyclic) bond motifs is 2. The quantitative estimate of drug-likeness (QED) is 0.376. The van der Waals surface area contributed by atoms with Gasteiger partial charge in [-0.05, 0) is 61.2 Å². The smallest absolute Gasteiger partial charge is 0.326 e. The summed E-state index contributed by atoms with van der Waals surface area (Å²) in [6.45, 7) is 0.997. The minimum absolute atomic E-state index is 0.0439. The number of nitrogens with one attached hydrogen (secondary N) is 1. The standard InChI is InChI=1S/C24H25ClN4O5/c25-21-16-5-8-29(23(31)14-4-3-13-6-9-34-19(13)11-14)12-15(16)10-17(27)20(21)22(30)28-18(24(32)33)2-1-7-26/h3-4,6,9-11,18H,1-2,5,7-8,12,26-27H2,(H,28,30)(H,32,33)/t18-/m0/s1. The summed E-state index contributed by atoms with van der Waals surface area (Å²) in [6, 6.07) is 7.67. The monoisotopic (exact) mass is 484 g/mol. The number of hydrogen-bond donors (Lipinski definition) is 4. The molecular weight excluding hydrogens is 460 g/mol. The lowest BCUT2D eigenvalue weighted by Gasteiger charge is -2.30. The highest BCUT2D eigenvalue weighted by Crippen LogP contribution is 2.34. The largest absolute Gasteiger partial charge is 0.480 e. The SMILES string of the molecule is NCCC[C@H](NC(=O)c1c(N)cc2c(c1Cl)CCN(C(=O)c1ccc3ccoc3c1)C2)C(=O)O. The number of rotatable bonds is 7. The van der Waals surface area contributed by atoms with E-state index < -0.39 is 17.9 Å². The number of furan rings is 1. The molecule has 10 heteroatoms. The van der Waals surface area contributed by atoms with Gasteiger partial charge in [0.15, 0.2) is 0 Å². The molecule has 6 N–H and O–H groups in total. The average molecular weight is 485 g/mol. The Bertz CT molecular complexity index is 1270. The number of hydrogen-bond acceptors (Lipinski definition) is 6. The second-order valence-electron chi connectivity index (χ2n) is 8.24. The summed E-state index contributed by atoms with van der Waals surface area (Å²) in [5.74, 6) is -1.96. The summed E-state index contributed by atoms with van der Waals surface area (Å²) in [6.07, 6.45) is 2.65. The molecule has 0 unspecified atom stereocenters. The fraction of sp³-hybridized carbons (Fsp3) is 0.292. The van der Waals surface area contributed by atoms with E-state index in [0.29, 0.717) is 37.1 Å². The maximum atomic E-state index is 13.1. The zero-order valence-electron chi connectivity index (χ0n) is 18.3. The molecule has 1 aromatic heterocycles. The van der Waals surface area contributed by atoms with Crippen molar-refractivity contribution < 1.29 is 23.9 Å². The molecular formula is C24H25ClN4O5. The van der Waals surface area contributed by atoms with Gasteiger partial charge in [-0.1, -0.05) is 17.7 Å². The maximum Gasteiger partial charge on any atom is 0.326 e. The Kier molecular flexibility index (Phi) is 6.76. The maximum absolute atomic E-state index is 13.1. The van der Waals surface area contributed by atoms with E-state index in [9.17, 15) is 19.5 Å². The van der Waals surface area contributed by atoms with E-state index in [4.69, 9.17) is 27.5 Å². The molecule has 1 aliphatic heterocycles. The van der Waals surface area contributed by atoms with Gasteiger partial charge in [-0.15, -0.1) is 0 Å². The number of amides is 2. The van der Waals surface area contributed by atoms with Crippen LogP contribution in [-0.4, -0.2) is 46.9 Å². The van der Waals surface area contributed by atoms with Gasteiger partial charge >= 0.3 is 5.97 Å². The zero-order chi connectivity index (χ0) is 24.4. The average Bonchev–Trinajstić information content (AvgIpc) is 3.28. The van der Waals surface area contributed by atoms with Crippen LogP contribution in [0.25, 0.3) is 11.0 Å². The molecule has 0 spiro atoms. The van der Waals surface area contributed by atoms with Crippen molar-refractivity contribution in [1.29, 1.82) is 0 Å². The molecule has 2 aromatic carbocycles. The minimum atomic E-state index is -1.16. The zero-order valence-corrected chi connectivity index (χ0v) is 19.1. The molecule has 0 fully saturated rings. The molecule has 0 radical (unpaired) electrons. The van der Waals surface area contributed by atoms with Crippen LogP contribution >= 0.6 is 11.6 Å². The third-order valence-corrected chi connectivity index (χ3v) is 6.42. The van der Waals surface area contributed by atoms with Crippen LogP contribution in [0.2, 0.25) is 5.02 Å². The fourth-order valence-electron chi connectivity index (χ4n) is 4.19. The van der Waals surface area contributed by atoms with Crippen LogP contribution < -0.4 is 16.8 Å². The first-order valence-corrected chi connectivity index (χ1v) is 11.3. The summed E-state index contributed by atoms with van der Waals surface area (Å²) < 4.78 is 5.40. The van der Waals surface area contributed by atoms with E-state index in [1.165, 1.54) is 0 Å². The van der Waals surface area contributed by atoms with Gasteiger partial charge in [0.2, 0.25) is 0 Å². The molecule has 2 heterocycles. The van der Waals surface area contributed by atoms with Crippen LogP contribution in [0.3, 0.4) is 0 Å². The van der Waals surface area contributed by atoms with Crippen molar-refractivity contribution >= 4 is 46.0 Å². The van der Waals surface area contributed by atoms with E-state index in [2.05, 4.69) is 5.32 Å². The predicted molar refractivity (Wildman–Crippen MR) is 128 cm³/mol. The van der Waals surface area contributed by atoms with Crippen LogP contribution in [0.15, 0.2) is 41.0 Å². The summed E-state index contributed by atoms with van der Waals surface area (Å²) >= 11 is 6.57. The molecule has 3 aromatic rings. The van der Waals surface area contributed by atoms with E-state index in [0.717, 1.165) is 16.5 Å². The van der Waals surface area contributed by atoms with Gasteiger partial charge in [0, 0.05) is 29.7 Å². The third-order valence-electron chi connectivity index (χ3n) is 6.00. The molecule has 4 rings (SSSR count). The number of carbonyl (C=O) groups is 3. The lowest BCUT2D eigenvalue weighted by molar-refractivity contribution is -0.139. The van der Waals surface area contributed by atoms with Crippen LogP contribution in [0.1, 0.15) is 44.7 Å². The minimum Gasteiger partial charge on any atom is -0.480 e. The first-order chi connectivity index (χ1) is 16.3. The van der Waals surface area contributed by atoms with Crippen LogP contribution in [0.5, 0.6) is 0 Å². The summed E-state index contributed by atoms with van der Waals surface area (Å²) in [4.78, 5) is 39.1. The Labute approximate surface area is 200 Å². The van der Waals surface area contributed by atoms with E-state index in [1.54, 1.807) is 29.4 Å². The molecule has 178 valence electrons. The number of carboxylic acid groups (broad SMARTS) is 1. The summed E-state index contributed by atoms with van der Waals surface area (Å²) in [5.41, 5.74) is 14.4. The van der Waals surface area contributed by atoms with Crippen molar-refractivity contribution in [2.24, 2.45) is 5.73 Å². The molecule has 0 bridgehead atoms. The van der Waals surface area contributed by atoms with E-state index in [1.807, 2.05) is 12.1 Å². The van der Waals surface area contributed by atoms with Gasteiger partial charge in [-0.25, -0.2) is 4.79 Å². The van der Waals surface area contributed by atoms with E-state index in [-0.39, 0.29) is 35.1 Å². The summed E-state index contributed by atoms with van der Waals surface area (Å²) in [5, 5.41) is 13.0. The number of anilines is 1. The Morgan fingerprint density at radius 2 is 2.03 bits per heavy atom. The van der Waals surface area contributed by atoms with Gasteiger partial charge in [0.1, 0.15) is 11.6 Å². The lowest BCUT2D eigenvalue weighted by atomic mass is 9.94. The van der Waals surface area contributed by atoms with Crippen molar-refractivity contribution in [3.8, 4) is 0 Å². The molecule has 34 heavy (non-hydrogen) atoms. The van der Waals surface area contributed by atoms with Crippen LogP contribution in [0, 0.1) is 0 Å². The highest BCUT2D eigenvalue weighted by Gasteiger charge is 2.29. The Morgan fingerprint density at radius 3 is 2.76 bits per heavy atom. The number of carboxylic acids is 1. The molecule has 0 aliphatic carbocycles. The number of benzene rings is 2. The lowest BCUT2D eigenvalue weighted by Crippen LogP contribution is -2.41. The van der Waals surface area contributed by atoms with Crippen LogP contribution in [0.4, 0.5) is 5.69 Å². The molecule has 1 aliphatic rings. The topological polar surface area (TPSA) is 152 Å². The number of halogens is 1. The van der Waals surface area contributed by atoms with Crippen molar-refractivity contribution in [2.45, 2.75) is 31.8 Å². The van der Waals surface area contributed by atoms with Gasteiger partial charge in [-0.2, -0.15) is 0 Å². The van der Waals surface area contributed by atoms with Crippen molar-refractivity contribution in [3.05, 3.63) is 63.9 Å². The number of nitrogen functional groups attached to an aromatic ring is 1. The van der Waals surface area contributed by atoms with E-state index >= 15 is 0 Å². The number of carbonyl (C=O) groups excluding carboxylic acids is 2. The van der Waals surface area contributed by atoms with Gasteiger partial charge in [0.05, 0.1) is 16.8 Å². The normalized spacial score (nSPS) is 14.0. The molecule has 2 amide bonds. The van der Waals surface area contributed by atoms with Crippen molar-refractivity contribution in [2.75, 3.05) is 18.8 Å². The van der Waals surface area contributed by atoms with Gasteiger partial charge in [0.25, 0.3) is 11.8 Å². The molecule has 0 saturated carbocycles. The van der Waals surface area contributed by atoms with Crippen molar-refractivity contribution in [1.82, 2.24) is 10.2 Å². The Hall–Kier alpha value is -3.56. The Morgan fingerprint density at radius 1 is 1.24 bits per heavy atom. The fourth-order valence-corrected chi connectivity index (χ4v) is 4.60. The first-order valence-electron chi connectivity index (χ1n) is 10.9. The van der Waals surface area contributed by atoms with Gasteiger partial charge in [-0.3, -0.25) is 9.59 Å². The van der Waals surface area contributed by atoms with Gasteiger partial charge < -0.3 is 31.2 Å². The highest BCUT2D eigenvalue weighted by atomic mass is 35.5. The number of nitrogens with two attached hydrogens (primary N) is 2. The Balaban J connectivity index is 1.55. The highest BCUT2D eigenvalue weighted by molar-refractivity contribution is 6.35. The molecule has 9 nitrogen and oxygen atoms in total. The van der Waals surface area contributed by atoms with Crippen LogP contribution in [-0.2, 0) is 17.8 Å². The first kappa shape index (κ1) is 23.6. The van der Waals surface area contributed by atoms with Crippen molar-refractivity contribution in [3.63, 3.8) is 0 Å².